The van der Waals surface area contributed by atoms with E-state index in [9.17, 15) is 4.39 Å². The van der Waals surface area contributed by atoms with E-state index in [-0.39, 0.29) is 5.75 Å². The molecular weight excluding hydrogens is 173 g/mol. The molecule has 4 heteroatoms. The van der Waals surface area contributed by atoms with Crippen molar-refractivity contribution in [1.29, 1.82) is 0 Å². The van der Waals surface area contributed by atoms with Crippen molar-refractivity contribution in [3.63, 3.8) is 0 Å². The van der Waals surface area contributed by atoms with Crippen molar-refractivity contribution in [3.05, 3.63) is 17.7 Å². The van der Waals surface area contributed by atoms with Gasteiger partial charge in [0.05, 0.1) is 13.7 Å². The maximum atomic E-state index is 13.1. The van der Waals surface area contributed by atoms with Gasteiger partial charge in [0.2, 0.25) is 5.75 Å². The molecule has 0 aliphatic carbocycles. The van der Waals surface area contributed by atoms with Gasteiger partial charge in [-0.15, -0.1) is 0 Å². The Bertz CT molecular complexity index is 302. The molecule has 0 fully saturated rings. The fourth-order valence-corrected chi connectivity index (χ4v) is 1.04. The molecule has 1 heterocycles. The summed E-state index contributed by atoms with van der Waals surface area (Å²) >= 11 is 0. The topological polar surface area (TPSA) is 31.4 Å². The smallest absolute Gasteiger partial charge is 0.259 e. The Morgan fingerprint density at radius 2 is 2.23 bits per heavy atom. The number of rotatable bonds is 3. The van der Waals surface area contributed by atoms with Gasteiger partial charge in [0.15, 0.2) is 5.75 Å². The van der Waals surface area contributed by atoms with Crippen molar-refractivity contribution >= 4 is 0 Å². The number of aromatic nitrogens is 1. The van der Waals surface area contributed by atoms with Gasteiger partial charge in [-0.2, -0.15) is 4.39 Å². The van der Waals surface area contributed by atoms with E-state index in [1.54, 1.807) is 13.0 Å². The van der Waals surface area contributed by atoms with Crippen molar-refractivity contribution in [1.82, 2.24) is 4.98 Å². The second-order valence-electron chi connectivity index (χ2n) is 2.52. The van der Waals surface area contributed by atoms with E-state index in [1.807, 2.05) is 6.92 Å². The van der Waals surface area contributed by atoms with Gasteiger partial charge in [-0.1, -0.05) is 0 Å². The third-order valence-corrected chi connectivity index (χ3v) is 1.53. The predicted molar refractivity (Wildman–Crippen MR) is 46.7 cm³/mol. The summed E-state index contributed by atoms with van der Waals surface area (Å²) < 4.78 is 23.1. The van der Waals surface area contributed by atoms with Crippen molar-refractivity contribution in [3.8, 4) is 11.5 Å². The number of pyridine rings is 1. The lowest BCUT2D eigenvalue weighted by Gasteiger charge is -2.09. The van der Waals surface area contributed by atoms with Gasteiger partial charge < -0.3 is 9.47 Å². The first-order chi connectivity index (χ1) is 6.19. The lowest BCUT2D eigenvalue weighted by molar-refractivity contribution is 0.297. The first kappa shape index (κ1) is 9.77. The Morgan fingerprint density at radius 1 is 1.54 bits per heavy atom. The molecule has 0 unspecified atom stereocenters. The normalized spacial score (nSPS) is 9.85. The summed E-state index contributed by atoms with van der Waals surface area (Å²) in [4.78, 5) is 3.62. The van der Waals surface area contributed by atoms with Gasteiger partial charge >= 0.3 is 0 Å². The quantitative estimate of drug-likeness (QED) is 0.674. The van der Waals surface area contributed by atoms with Crippen LogP contribution in [0.4, 0.5) is 4.39 Å². The predicted octanol–water partition coefficient (Wildman–Crippen LogP) is 1.94. The zero-order chi connectivity index (χ0) is 9.84. The number of nitrogens with zero attached hydrogens (tertiary/aromatic N) is 1. The van der Waals surface area contributed by atoms with Crippen LogP contribution in [0.15, 0.2) is 6.07 Å². The molecule has 72 valence electrons. The van der Waals surface area contributed by atoms with Crippen LogP contribution in [-0.4, -0.2) is 18.7 Å². The van der Waals surface area contributed by atoms with Crippen LogP contribution >= 0.6 is 0 Å². The summed E-state index contributed by atoms with van der Waals surface area (Å²) in [6, 6.07) is 1.64. The van der Waals surface area contributed by atoms with Gasteiger partial charge in [0.1, 0.15) is 0 Å². The number of ether oxygens (including phenoxy) is 2. The standard InChI is InChI=1S/C9H12FNO2/c1-4-13-7-5-6(2)11-9(10)8(7)12-3/h5H,4H2,1-3H3. The third kappa shape index (κ3) is 2.08. The molecule has 0 bridgehead atoms. The molecule has 0 saturated carbocycles. The highest BCUT2D eigenvalue weighted by Gasteiger charge is 2.12. The average Bonchev–Trinajstić information content (AvgIpc) is 2.04. The molecule has 1 rings (SSSR count). The Kier molecular flexibility index (Phi) is 3.06. The van der Waals surface area contributed by atoms with E-state index in [0.717, 1.165) is 0 Å². The monoisotopic (exact) mass is 185 g/mol. The van der Waals surface area contributed by atoms with Crippen LogP contribution in [0.3, 0.4) is 0 Å². The fraction of sp³-hybridized carbons (Fsp3) is 0.444. The van der Waals surface area contributed by atoms with Gasteiger partial charge in [0.25, 0.3) is 5.95 Å². The van der Waals surface area contributed by atoms with Crippen molar-refractivity contribution in [2.75, 3.05) is 13.7 Å². The zero-order valence-electron chi connectivity index (χ0n) is 7.93. The van der Waals surface area contributed by atoms with Crippen LogP contribution in [-0.2, 0) is 0 Å². The summed E-state index contributed by atoms with van der Waals surface area (Å²) in [7, 11) is 1.39. The van der Waals surface area contributed by atoms with E-state index in [4.69, 9.17) is 9.47 Å². The molecule has 1 aromatic heterocycles. The average molecular weight is 185 g/mol. The maximum Gasteiger partial charge on any atom is 0.259 e. The van der Waals surface area contributed by atoms with E-state index in [0.29, 0.717) is 18.1 Å². The van der Waals surface area contributed by atoms with Crippen LogP contribution in [0.5, 0.6) is 11.5 Å². The lowest BCUT2D eigenvalue weighted by atomic mass is 10.3. The Hall–Kier alpha value is -1.32. The molecule has 0 spiro atoms. The Morgan fingerprint density at radius 3 is 2.77 bits per heavy atom. The van der Waals surface area contributed by atoms with Crippen LogP contribution in [0.1, 0.15) is 12.6 Å². The van der Waals surface area contributed by atoms with Gasteiger partial charge in [-0.05, 0) is 13.8 Å². The molecule has 13 heavy (non-hydrogen) atoms. The number of aryl methyl sites for hydroxylation is 1. The second-order valence-corrected chi connectivity index (χ2v) is 2.52. The van der Waals surface area contributed by atoms with Crippen LogP contribution < -0.4 is 9.47 Å². The molecule has 0 amide bonds. The molecule has 0 N–H and O–H groups in total. The molecule has 0 atom stereocenters. The highest BCUT2D eigenvalue weighted by atomic mass is 19.1. The summed E-state index contributed by atoms with van der Waals surface area (Å²) in [5.41, 5.74) is 0.571. The van der Waals surface area contributed by atoms with Crippen molar-refractivity contribution in [2.24, 2.45) is 0 Å². The second kappa shape index (κ2) is 4.07. The van der Waals surface area contributed by atoms with Crippen LogP contribution in [0.25, 0.3) is 0 Å². The van der Waals surface area contributed by atoms with Crippen molar-refractivity contribution < 1.29 is 13.9 Å². The highest BCUT2D eigenvalue weighted by molar-refractivity contribution is 5.39. The molecule has 0 aliphatic heterocycles. The molecule has 0 aromatic carbocycles. The summed E-state index contributed by atoms with van der Waals surface area (Å²) in [6.07, 6.45) is 0. The first-order valence-corrected chi connectivity index (χ1v) is 4.03. The van der Waals surface area contributed by atoms with Gasteiger partial charge in [-0.25, -0.2) is 4.98 Å². The van der Waals surface area contributed by atoms with E-state index >= 15 is 0 Å². The van der Waals surface area contributed by atoms with Gasteiger partial charge in [0, 0.05) is 11.8 Å². The number of hydrogen-bond donors (Lipinski definition) is 0. The SMILES string of the molecule is CCOc1cc(C)nc(F)c1OC. The Balaban J connectivity index is 3.13. The van der Waals surface area contributed by atoms with E-state index in [2.05, 4.69) is 4.98 Å². The minimum absolute atomic E-state index is 0.0625. The highest BCUT2D eigenvalue weighted by Crippen LogP contribution is 2.29. The minimum Gasteiger partial charge on any atom is -0.490 e. The first-order valence-electron chi connectivity index (χ1n) is 4.03. The molecular formula is C9H12FNO2. The molecule has 0 radical (unpaired) electrons. The summed E-state index contributed by atoms with van der Waals surface area (Å²) in [6.45, 7) is 4.00. The summed E-state index contributed by atoms with van der Waals surface area (Å²) in [5, 5.41) is 0. The molecule has 3 nitrogen and oxygen atoms in total. The minimum atomic E-state index is -0.633. The molecule has 1 aromatic rings. The summed E-state index contributed by atoms with van der Waals surface area (Å²) in [5.74, 6) is -0.173. The fourth-order valence-electron chi connectivity index (χ4n) is 1.04. The number of methoxy groups -OCH3 is 1. The lowest BCUT2D eigenvalue weighted by Crippen LogP contribution is -2.00. The maximum absolute atomic E-state index is 13.1. The van der Waals surface area contributed by atoms with Crippen LogP contribution in [0, 0.1) is 12.9 Å². The largest absolute Gasteiger partial charge is 0.490 e. The van der Waals surface area contributed by atoms with Gasteiger partial charge in [-0.3, -0.25) is 0 Å². The third-order valence-electron chi connectivity index (χ3n) is 1.53. The zero-order valence-corrected chi connectivity index (χ0v) is 7.93. The molecule has 0 saturated heterocycles. The van der Waals surface area contributed by atoms with E-state index in [1.165, 1.54) is 7.11 Å². The number of hydrogen-bond acceptors (Lipinski definition) is 3. The molecule has 0 aliphatic rings. The number of halogens is 1. The van der Waals surface area contributed by atoms with E-state index < -0.39 is 5.95 Å². The van der Waals surface area contributed by atoms with Crippen molar-refractivity contribution in [2.45, 2.75) is 13.8 Å². The van der Waals surface area contributed by atoms with Crippen LogP contribution in [0.2, 0.25) is 0 Å². The Labute approximate surface area is 76.5 Å².